The molecule has 1 aliphatic rings. The Morgan fingerprint density at radius 1 is 1.10 bits per heavy atom. The molecule has 0 radical (unpaired) electrons. The number of rotatable bonds is 7. The van der Waals surface area contributed by atoms with E-state index in [9.17, 15) is 9.50 Å². The molecule has 0 aliphatic heterocycles. The molecule has 1 saturated carbocycles. The fraction of sp³-hybridized carbons (Fsp3) is 0.520. The summed E-state index contributed by atoms with van der Waals surface area (Å²) in [7, 11) is 4.09. The minimum Gasteiger partial charge on any atom is -0.385 e. The van der Waals surface area contributed by atoms with Gasteiger partial charge in [0, 0.05) is 12.5 Å². The van der Waals surface area contributed by atoms with Gasteiger partial charge < -0.3 is 14.7 Å². The van der Waals surface area contributed by atoms with Crippen molar-refractivity contribution in [2.75, 3.05) is 20.6 Å². The Morgan fingerprint density at radius 2 is 1.76 bits per heavy atom. The van der Waals surface area contributed by atoms with E-state index in [0.717, 1.165) is 30.5 Å². The second-order valence-electron chi connectivity index (χ2n) is 8.99. The summed E-state index contributed by atoms with van der Waals surface area (Å²) in [5.74, 6) is 0.340. The van der Waals surface area contributed by atoms with Crippen molar-refractivity contribution in [3.8, 4) is 0 Å². The lowest BCUT2D eigenvalue weighted by molar-refractivity contribution is -0.110. The molecule has 0 aromatic heterocycles. The van der Waals surface area contributed by atoms with Crippen LogP contribution in [-0.2, 0) is 16.9 Å². The molecule has 1 N–H and O–H groups in total. The minimum atomic E-state index is -0.838. The van der Waals surface area contributed by atoms with Gasteiger partial charge in [0.05, 0.1) is 18.3 Å². The van der Waals surface area contributed by atoms with Crippen molar-refractivity contribution in [1.29, 1.82) is 0 Å². The van der Waals surface area contributed by atoms with Gasteiger partial charge in [0.25, 0.3) is 0 Å². The van der Waals surface area contributed by atoms with Crippen LogP contribution in [-0.4, -0.2) is 36.8 Å². The molecule has 3 nitrogen and oxygen atoms in total. The number of nitrogens with zero attached hydrogens (tertiary/aromatic N) is 1. The predicted molar refractivity (Wildman–Crippen MR) is 115 cm³/mol. The Balaban J connectivity index is 1.71. The lowest BCUT2D eigenvalue weighted by atomic mass is 9.70. The molecule has 158 valence electrons. The Labute approximate surface area is 174 Å². The number of hydrogen-bond donors (Lipinski definition) is 1. The molecule has 0 spiro atoms. The first-order valence-electron chi connectivity index (χ1n) is 10.6. The normalized spacial score (nSPS) is 25.0. The molecule has 1 aliphatic carbocycles. The average molecular weight is 400 g/mol. The highest BCUT2D eigenvalue weighted by Crippen LogP contribution is 2.43. The van der Waals surface area contributed by atoms with Gasteiger partial charge in [0.1, 0.15) is 5.82 Å². The van der Waals surface area contributed by atoms with Gasteiger partial charge in [-0.15, -0.1) is 0 Å². The van der Waals surface area contributed by atoms with Gasteiger partial charge in [-0.25, -0.2) is 4.39 Å². The SMILES string of the molecule is CC(C)c1ccc(C2(O)CCC(OCc3ccc(F)cc3)CC2CN(C)C)cc1. The molecule has 3 atom stereocenters. The number of hydrogen-bond acceptors (Lipinski definition) is 3. The summed E-state index contributed by atoms with van der Waals surface area (Å²) in [4.78, 5) is 2.14. The van der Waals surface area contributed by atoms with E-state index < -0.39 is 5.60 Å². The molecule has 3 unspecified atom stereocenters. The zero-order valence-electron chi connectivity index (χ0n) is 18.1. The van der Waals surface area contributed by atoms with Gasteiger partial charge in [0.2, 0.25) is 0 Å². The van der Waals surface area contributed by atoms with Crippen LogP contribution in [0.4, 0.5) is 4.39 Å². The van der Waals surface area contributed by atoms with Crippen molar-refractivity contribution >= 4 is 0 Å². The summed E-state index contributed by atoms with van der Waals surface area (Å²) >= 11 is 0. The first-order valence-corrected chi connectivity index (χ1v) is 10.6. The maximum atomic E-state index is 13.1. The van der Waals surface area contributed by atoms with E-state index in [1.807, 2.05) is 14.1 Å². The highest BCUT2D eigenvalue weighted by atomic mass is 19.1. The lowest BCUT2D eigenvalue weighted by Gasteiger charge is -2.44. The third kappa shape index (κ3) is 5.44. The van der Waals surface area contributed by atoms with Crippen LogP contribution in [0.5, 0.6) is 0 Å². The van der Waals surface area contributed by atoms with Crippen molar-refractivity contribution < 1.29 is 14.2 Å². The molecule has 3 rings (SSSR count). The van der Waals surface area contributed by atoms with Gasteiger partial charge in [-0.05, 0) is 68.1 Å². The van der Waals surface area contributed by atoms with E-state index in [0.29, 0.717) is 18.9 Å². The van der Waals surface area contributed by atoms with Crippen LogP contribution in [0.2, 0.25) is 0 Å². The zero-order chi connectivity index (χ0) is 21.0. The van der Waals surface area contributed by atoms with Gasteiger partial charge in [-0.2, -0.15) is 0 Å². The van der Waals surface area contributed by atoms with Crippen molar-refractivity contribution in [2.24, 2.45) is 5.92 Å². The monoisotopic (exact) mass is 399 g/mol. The number of benzene rings is 2. The highest BCUT2D eigenvalue weighted by molar-refractivity contribution is 5.30. The van der Waals surface area contributed by atoms with Crippen molar-refractivity contribution in [1.82, 2.24) is 4.90 Å². The summed E-state index contributed by atoms with van der Waals surface area (Å²) in [6.07, 6.45) is 2.40. The fourth-order valence-corrected chi connectivity index (χ4v) is 4.36. The Hall–Kier alpha value is -1.75. The quantitative estimate of drug-likeness (QED) is 0.704. The van der Waals surface area contributed by atoms with E-state index in [-0.39, 0.29) is 17.8 Å². The maximum absolute atomic E-state index is 13.1. The van der Waals surface area contributed by atoms with Gasteiger partial charge in [-0.1, -0.05) is 50.2 Å². The minimum absolute atomic E-state index is 0.0920. The Kier molecular flexibility index (Phi) is 7.10. The molecule has 0 amide bonds. The first-order chi connectivity index (χ1) is 13.8. The summed E-state index contributed by atoms with van der Waals surface area (Å²) in [5, 5.41) is 11.7. The van der Waals surface area contributed by atoms with Crippen LogP contribution in [0.25, 0.3) is 0 Å². The third-order valence-electron chi connectivity index (χ3n) is 6.13. The van der Waals surface area contributed by atoms with E-state index in [2.05, 4.69) is 43.0 Å². The molecule has 2 aromatic carbocycles. The lowest BCUT2D eigenvalue weighted by Crippen LogP contribution is -2.46. The number of ether oxygens (including phenoxy) is 1. The van der Waals surface area contributed by atoms with Gasteiger partial charge >= 0.3 is 0 Å². The van der Waals surface area contributed by atoms with Crippen molar-refractivity contribution in [3.05, 3.63) is 71.0 Å². The standard InChI is InChI=1S/C25H34FNO2/c1-18(2)20-7-9-21(10-8-20)25(28)14-13-24(15-22(25)16-27(3)4)29-17-19-5-11-23(26)12-6-19/h5-12,18,22,24,28H,13-17H2,1-4H3. The molecule has 0 saturated heterocycles. The Morgan fingerprint density at radius 3 is 2.34 bits per heavy atom. The first kappa shape index (κ1) is 21.9. The second kappa shape index (κ2) is 9.38. The van der Waals surface area contributed by atoms with Crippen molar-refractivity contribution in [3.63, 3.8) is 0 Å². The molecule has 0 bridgehead atoms. The summed E-state index contributed by atoms with van der Waals surface area (Å²) in [6, 6.07) is 14.9. The molecule has 4 heteroatoms. The van der Waals surface area contributed by atoms with Crippen molar-refractivity contribution in [2.45, 2.75) is 57.3 Å². The summed E-state index contributed by atoms with van der Waals surface area (Å²) < 4.78 is 19.2. The summed E-state index contributed by atoms with van der Waals surface area (Å²) in [5.41, 5.74) is 2.43. The van der Waals surface area contributed by atoms with E-state index in [1.54, 1.807) is 12.1 Å². The average Bonchev–Trinajstić information content (AvgIpc) is 2.69. The number of halogens is 1. The second-order valence-corrected chi connectivity index (χ2v) is 8.99. The molecule has 29 heavy (non-hydrogen) atoms. The maximum Gasteiger partial charge on any atom is 0.123 e. The van der Waals surface area contributed by atoms with E-state index in [1.165, 1.54) is 17.7 Å². The van der Waals surface area contributed by atoms with Gasteiger partial charge in [-0.3, -0.25) is 0 Å². The molecular weight excluding hydrogens is 365 g/mol. The third-order valence-corrected chi connectivity index (χ3v) is 6.13. The fourth-order valence-electron chi connectivity index (χ4n) is 4.36. The van der Waals surface area contributed by atoms with Gasteiger partial charge in [0.15, 0.2) is 0 Å². The van der Waals surface area contributed by atoms with Crippen LogP contribution in [0.15, 0.2) is 48.5 Å². The van der Waals surface area contributed by atoms with Crippen LogP contribution in [0.3, 0.4) is 0 Å². The topological polar surface area (TPSA) is 32.7 Å². The Bertz CT molecular complexity index is 772. The zero-order valence-corrected chi connectivity index (χ0v) is 18.1. The molecule has 0 heterocycles. The highest BCUT2D eigenvalue weighted by Gasteiger charge is 2.43. The largest absolute Gasteiger partial charge is 0.385 e. The van der Waals surface area contributed by atoms with Crippen LogP contribution in [0.1, 0.15) is 55.7 Å². The molecule has 2 aromatic rings. The van der Waals surface area contributed by atoms with E-state index >= 15 is 0 Å². The van der Waals surface area contributed by atoms with Crippen LogP contribution in [0, 0.1) is 11.7 Å². The predicted octanol–water partition coefficient (Wildman–Crippen LogP) is 5.08. The smallest absolute Gasteiger partial charge is 0.123 e. The van der Waals surface area contributed by atoms with Crippen LogP contribution < -0.4 is 0 Å². The molecule has 1 fully saturated rings. The van der Waals surface area contributed by atoms with Crippen LogP contribution >= 0.6 is 0 Å². The number of aliphatic hydroxyl groups is 1. The molecular formula is C25H34FNO2. The van der Waals surface area contributed by atoms with E-state index in [4.69, 9.17) is 4.74 Å². The summed E-state index contributed by atoms with van der Waals surface area (Å²) in [6.45, 7) is 5.64.